The van der Waals surface area contributed by atoms with Crippen molar-refractivity contribution in [2.75, 3.05) is 13.2 Å². The Labute approximate surface area is 114 Å². The van der Waals surface area contributed by atoms with E-state index in [2.05, 4.69) is 12.1 Å². The summed E-state index contributed by atoms with van der Waals surface area (Å²) in [5.74, 6) is 1.48. The molecule has 0 radical (unpaired) electrons. The van der Waals surface area contributed by atoms with E-state index < -0.39 is 0 Å². The van der Waals surface area contributed by atoms with E-state index in [0.717, 1.165) is 18.6 Å². The average molecular weight is 267 g/mol. The molecule has 1 aliphatic rings. The minimum Gasteiger partial charge on any atom is -0.504 e. The van der Waals surface area contributed by atoms with Crippen molar-refractivity contribution in [3.05, 3.63) is 41.7 Å². The van der Waals surface area contributed by atoms with Gasteiger partial charge in [0, 0.05) is 0 Å². The summed E-state index contributed by atoms with van der Waals surface area (Å²) in [4.78, 5) is 0. The van der Waals surface area contributed by atoms with Crippen molar-refractivity contribution >= 4 is 11.6 Å². The van der Waals surface area contributed by atoms with Gasteiger partial charge in [-0.1, -0.05) is 23.7 Å². The number of hydrogen-bond donors (Lipinski definition) is 0. The number of hydrogen-bond acceptors (Lipinski definition) is 2. The van der Waals surface area contributed by atoms with Gasteiger partial charge in [-0.25, -0.2) is 0 Å². The van der Waals surface area contributed by atoms with Crippen LogP contribution in [0, 0.1) is 0 Å². The first-order chi connectivity index (χ1) is 8.83. The van der Waals surface area contributed by atoms with Crippen LogP contribution in [0.25, 0.3) is 0 Å². The lowest BCUT2D eigenvalue weighted by molar-refractivity contribution is 0.326. The summed E-state index contributed by atoms with van der Waals surface area (Å²) in [6, 6.07) is 8.48. The monoisotopic (exact) mass is 266 g/mol. The third-order valence-electron chi connectivity index (χ3n) is 3.46. The molecule has 18 heavy (non-hydrogen) atoms. The molecular weight excluding hydrogens is 248 g/mol. The van der Waals surface area contributed by atoms with Gasteiger partial charge in [0.2, 0.25) is 0 Å². The van der Waals surface area contributed by atoms with E-state index in [4.69, 9.17) is 21.1 Å². The number of ether oxygens (including phenoxy) is 2. The summed E-state index contributed by atoms with van der Waals surface area (Å²) in [6.07, 6.45) is 6.50. The van der Waals surface area contributed by atoms with Crippen molar-refractivity contribution < 1.29 is 9.47 Å². The molecule has 2 nitrogen and oxygen atoms in total. The lowest BCUT2D eigenvalue weighted by Gasteiger charge is -2.24. The Morgan fingerprint density at radius 1 is 1.33 bits per heavy atom. The van der Waals surface area contributed by atoms with Crippen LogP contribution in [-0.4, -0.2) is 13.2 Å². The smallest absolute Gasteiger partial charge is 0.162 e. The average Bonchev–Trinajstić information content (AvgIpc) is 2.41. The molecular formula is C15H19ClO2. The normalized spacial score (nSPS) is 19.4. The Hall–Kier alpha value is -1.15. The SMILES string of the molecule is COC=C1CCC(c2cccc(OCCl)c2)CC1. The van der Waals surface area contributed by atoms with E-state index in [0.29, 0.717) is 5.92 Å². The molecule has 1 aromatic rings. The molecule has 3 heteroatoms. The third kappa shape index (κ3) is 3.42. The maximum absolute atomic E-state index is 5.58. The number of halogens is 1. The van der Waals surface area contributed by atoms with Crippen molar-refractivity contribution in [2.45, 2.75) is 31.6 Å². The van der Waals surface area contributed by atoms with E-state index in [-0.39, 0.29) is 6.07 Å². The molecule has 0 heterocycles. The van der Waals surface area contributed by atoms with Gasteiger partial charge in [-0.05, 0) is 54.9 Å². The summed E-state index contributed by atoms with van der Waals surface area (Å²) in [5.41, 5.74) is 2.77. The van der Waals surface area contributed by atoms with Gasteiger partial charge < -0.3 is 9.47 Å². The first kappa shape index (κ1) is 13.3. The van der Waals surface area contributed by atoms with Gasteiger partial charge in [0.15, 0.2) is 6.07 Å². The van der Waals surface area contributed by atoms with Crippen molar-refractivity contribution in [3.63, 3.8) is 0 Å². The van der Waals surface area contributed by atoms with E-state index >= 15 is 0 Å². The second-order valence-electron chi connectivity index (χ2n) is 4.61. The van der Waals surface area contributed by atoms with Crippen LogP contribution >= 0.6 is 11.6 Å². The van der Waals surface area contributed by atoms with E-state index in [1.54, 1.807) is 7.11 Å². The highest BCUT2D eigenvalue weighted by atomic mass is 35.5. The summed E-state index contributed by atoms with van der Waals surface area (Å²) in [6.45, 7) is 0. The molecule has 0 aliphatic heterocycles. The molecule has 0 atom stereocenters. The van der Waals surface area contributed by atoms with Gasteiger partial charge in [0.25, 0.3) is 0 Å². The zero-order valence-electron chi connectivity index (χ0n) is 10.7. The van der Waals surface area contributed by atoms with Gasteiger partial charge in [-0.15, -0.1) is 0 Å². The van der Waals surface area contributed by atoms with Crippen LogP contribution in [0.5, 0.6) is 5.75 Å². The molecule has 1 fully saturated rings. The van der Waals surface area contributed by atoms with Crippen molar-refractivity contribution in [1.29, 1.82) is 0 Å². The van der Waals surface area contributed by atoms with Gasteiger partial charge in [-0.3, -0.25) is 0 Å². The fourth-order valence-electron chi connectivity index (χ4n) is 2.53. The van der Waals surface area contributed by atoms with Crippen LogP contribution in [0.15, 0.2) is 36.1 Å². The Morgan fingerprint density at radius 3 is 2.78 bits per heavy atom. The molecule has 0 aromatic heterocycles. The van der Waals surface area contributed by atoms with Crippen molar-refractivity contribution in [3.8, 4) is 5.75 Å². The van der Waals surface area contributed by atoms with E-state index in [1.165, 1.54) is 24.0 Å². The third-order valence-corrected chi connectivity index (χ3v) is 3.57. The predicted octanol–water partition coefficient (Wildman–Crippen LogP) is 4.45. The number of alkyl halides is 1. The maximum Gasteiger partial charge on any atom is 0.162 e. The molecule has 1 aliphatic carbocycles. The predicted molar refractivity (Wildman–Crippen MR) is 74.1 cm³/mol. The number of benzene rings is 1. The molecule has 98 valence electrons. The lowest BCUT2D eigenvalue weighted by Crippen LogP contribution is -2.07. The molecule has 0 amide bonds. The standard InChI is InChI=1S/C15H19ClO2/c1-17-10-12-5-7-13(8-6-12)14-3-2-4-15(9-14)18-11-16/h2-4,9-10,13H,5-8,11H2,1H3. The molecule has 0 N–H and O–H groups in total. The fourth-order valence-corrected chi connectivity index (χ4v) is 2.65. The summed E-state index contributed by atoms with van der Waals surface area (Å²) in [7, 11) is 1.71. The molecule has 0 bridgehead atoms. The first-order valence-corrected chi connectivity index (χ1v) is 6.86. The minimum atomic E-state index is 0.203. The van der Waals surface area contributed by atoms with E-state index in [9.17, 15) is 0 Å². The van der Waals surface area contributed by atoms with Crippen LogP contribution < -0.4 is 4.74 Å². The maximum atomic E-state index is 5.58. The Kier molecular flexibility index (Phi) is 4.94. The van der Waals surface area contributed by atoms with Crippen LogP contribution in [-0.2, 0) is 4.74 Å². The molecule has 0 unspecified atom stereocenters. The second-order valence-corrected chi connectivity index (χ2v) is 4.83. The zero-order valence-corrected chi connectivity index (χ0v) is 11.5. The van der Waals surface area contributed by atoms with Crippen LogP contribution in [0.1, 0.15) is 37.2 Å². The van der Waals surface area contributed by atoms with Crippen molar-refractivity contribution in [2.24, 2.45) is 0 Å². The number of rotatable bonds is 4. The molecule has 0 spiro atoms. The minimum absolute atomic E-state index is 0.203. The lowest BCUT2D eigenvalue weighted by atomic mass is 9.82. The Balaban J connectivity index is 2.00. The van der Waals surface area contributed by atoms with Gasteiger partial charge in [-0.2, -0.15) is 0 Å². The summed E-state index contributed by atoms with van der Waals surface area (Å²) in [5, 5.41) is 0. The molecule has 1 saturated carbocycles. The topological polar surface area (TPSA) is 18.5 Å². The number of allylic oxidation sites excluding steroid dienone is 1. The second kappa shape index (κ2) is 6.69. The van der Waals surface area contributed by atoms with Crippen LogP contribution in [0.2, 0.25) is 0 Å². The Bertz CT molecular complexity index is 405. The molecule has 1 aromatic carbocycles. The highest BCUT2D eigenvalue weighted by Gasteiger charge is 2.18. The van der Waals surface area contributed by atoms with E-state index in [1.807, 2.05) is 18.4 Å². The summed E-state index contributed by atoms with van der Waals surface area (Å²) >= 11 is 5.58. The largest absolute Gasteiger partial charge is 0.504 e. The number of methoxy groups -OCH3 is 1. The molecule has 0 saturated heterocycles. The van der Waals surface area contributed by atoms with Gasteiger partial charge in [0.05, 0.1) is 13.4 Å². The molecule has 2 rings (SSSR count). The quantitative estimate of drug-likeness (QED) is 0.592. The van der Waals surface area contributed by atoms with Crippen molar-refractivity contribution in [1.82, 2.24) is 0 Å². The summed E-state index contributed by atoms with van der Waals surface area (Å²) < 4.78 is 10.4. The zero-order chi connectivity index (χ0) is 12.8. The Morgan fingerprint density at radius 2 is 2.11 bits per heavy atom. The van der Waals surface area contributed by atoms with Gasteiger partial charge in [0.1, 0.15) is 5.75 Å². The van der Waals surface area contributed by atoms with Crippen LogP contribution in [0.3, 0.4) is 0 Å². The highest BCUT2D eigenvalue weighted by molar-refractivity contribution is 6.17. The highest BCUT2D eigenvalue weighted by Crippen LogP contribution is 2.36. The van der Waals surface area contributed by atoms with Gasteiger partial charge >= 0.3 is 0 Å². The first-order valence-electron chi connectivity index (χ1n) is 6.33. The fraction of sp³-hybridized carbons (Fsp3) is 0.467. The van der Waals surface area contributed by atoms with Crippen LogP contribution in [0.4, 0.5) is 0 Å².